The van der Waals surface area contributed by atoms with Gasteiger partial charge in [0.1, 0.15) is 0 Å². The molecule has 0 aliphatic heterocycles. The summed E-state index contributed by atoms with van der Waals surface area (Å²) in [5.74, 6) is 0.489. The third-order valence-electron chi connectivity index (χ3n) is 2.61. The van der Waals surface area contributed by atoms with Gasteiger partial charge in [-0.15, -0.1) is 0 Å². The van der Waals surface area contributed by atoms with Crippen LogP contribution in [0, 0.1) is 6.92 Å². The maximum atomic E-state index is 5.91. The van der Waals surface area contributed by atoms with Crippen molar-refractivity contribution in [2.24, 2.45) is 0 Å². The Balaban J connectivity index is 3.15. The van der Waals surface area contributed by atoms with Crippen molar-refractivity contribution in [1.82, 2.24) is 0 Å². The van der Waals surface area contributed by atoms with E-state index in [1.54, 1.807) is 0 Å². The molecule has 1 aromatic carbocycles. The average molecular weight is 178 g/mol. The molecule has 1 aromatic rings. The minimum absolute atomic E-state index is 0.489. The molecule has 0 heterocycles. The third-order valence-corrected chi connectivity index (χ3v) is 2.61. The number of anilines is 2. The van der Waals surface area contributed by atoms with Gasteiger partial charge in [0, 0.05) is 11.4 Å². The maximum absolute atomic E-state index is 5.91. The van der Waals surface area contributed by atoms with Crippen molar-refractivity contribution >= 4 is 11.4 Å². The number of hydrogen-bond donors (Lipinski definition) is 2. The number of benzene rings is 1. The number of rotatable bonds is 2. The zero-order valence-electron chi connectivity index (χ0n) is 8.59. The summed E-state index contributed by atoms with van der Waals surface area (Å²) in [7, 11) is 0. The smallest absolute Gasteiger partial charge is 0.0353 e. The lowest BCUT2D eigenvalue weighted by Crippen LogP contribution is -2.01. The summed E-state index contributed by atoms with van der Waals surface area (Å²) in [6, 6.07) is 3.95. The van der Waals surface area contributed by atoms with Gasteiger partial charge >= 0.3 is 0 Å². The van der Waals surface area contributed by atoms with Crippen LogP contribution in [0.2, 0.25) is 0 Å². The molecule has 1 atom stereocenters. The molecule has 0 saturated carbocycles. The average Bonchev–Trinajstić information content (AvgIpc) is 2.10. The normalized spacial score (nSPS) is 12.8. The van der Waals surface area contributed by atoms with E-state index in [1.807, 2.05) is 19.1 Å². The third kappa shape index (κ3) is 1.94. The molecule has 1 unspecified atom stereocenters. The first-order valence-electron chi connectivity index (χ1n) is 4.71. The van der Waals surface area contributed by atoms with Crippen LogP contribution in [-0.2, 0) is 0 Å². The Hall–Kier alpha value is -1.18. The van der Waals surface area contributed by atoms with Crippen molar-refractivity contribution in [2.45, 2.75) is 33.1 Å². The minimum Gasteiger partial charge on any atom is -0.399 e. The van der Waals surface area contributed by atoms with E-state index in [9.17, 15) is 0 Å². The quantitative estimate of drug-likeness (QED) is 0.684. The molecular formula is C11H18N2. The van der Waals surface area contributed by atoms with E-state index in [0.29, 0.717) is 5.92 Å². The summed E-state index contributed by atoms with van der Waals surface area (Å²) in [5.41, 5.74) is 15.7. The Bertz CT molecular complexity index is 305. The summed E-state index contributed by atoms with van der Waals surface area (Å²) < 4.78 is 0. The molecule has 2 nitrogen and oxygen atoms in total. The fourth-order valence-electron chi connectivity index (χ4n) is 1.41. The number of nitrogen functional groups attached to an aromatic ring is 2. The van der Waals surface area contributed by atoms with Gasteiger partial charge in [-0.1, -0.05) is 13.8 Å². The fraction of sp³-hybridized carbons (Fsp3) is 0.455. The molecule has 0 aromatic heterocycles. The van der Waals surface area contributed by atoms with Crippen LogP contribution in [0.25, 0.3) is 0 Å². The van der Waals surface area contributed by atoms with Crippen molar-refractivity contribution in [2.75, 3.05) is 11.5 Å². The van der Waals surface area contributed by atoms with Crippen LogP contribution in [0.3, 0.4) is 0 Å². The largest absolute Gasteiger partial charge is 0.399 e. The van der Waals surface area contributed by atoms with Gasteiger partial charge < -0.3 is 11.5 Å². The summed E-state index contributed by atoms with van der Waals surface area (Å²) in [6.07, 6.45) is 1.09. The molecule has 0 saturated heterocycles. The highest BCUT2D eigenvalue weighted by Gasteiger charge is 2.08. The van der Waals surface area contributed by atoms with E-state index in [0.717, 1.165) is 23.4 Å². The Labute approximate surface area is 79.9 Å². The zero-order chi connectivity index (χ0) is 10.0. The highest BCUT2D eigenvalue weighted by molar-refractivity contribution is 5.60. The van der Waals surface area contributed by atoms with Gasteiger partial charge in [-0.2, -0.15) is 0 Å². The molecule has 0 aliphatic rings. The van der Waals surface area contributed by atoms with E-state index in [-0.39, 0.29) is 0 Å². The van der Waals surface area contributed by atoms with E-state index >= 15 is 0 Å². The van der Waals surface area contributed by atoms with Gasteiger partial charge in [-0.25, -0.2) is 0 Å². The monoisotopic (exact) mass is 178 g/mol. The van der Waals surface area contributed by atoms with Crippen molar-refractivity contribution in [3.05, 3.63) is 23.3 Å². The van der Waals surface area contributed by atoms with Gasteiger partial charge in [-0.05, 0) is 42.5 Å². The van der Waals surface area contributed by atoms with Gasteiger partial charge in [0.25, 0.3) is 0 Å². The molecular weight excluding hydrogens is 160 g/mol. The highest BCUT2D eigenvalue weighted by Crippen LogP contribution is 2.28. The van der Waals surface area contributed by atoms with E-state index in [1.165, 1.54) is 5.56 Å². The Kier molecular flexibility index (Phi) is 2.81. The lowest BCUT2D eigenvalue weighted by molar-refractivity contribution is 0.736. The molecule has 1 rings (SSSR count). The predicted octanol–water partition coefficient (Wildman–Crippen LogP) is 2.67. The highest BCUT2D eigenvalue weighted by atomic mass is 14.6. The second-order valence-electron chi connectivity index (χ2n) is 3.65. The molecule has 0 spiro atoms. The topological polar surface area (TPSA) is 52.0 Å². The summed E-state index contributed by atoms with van der Waals surface area (Å²) in [4.78, 5) is 0. The summed E-state index contributed by atoms with van der Waals surface area (Å²) in [5, 5.41) is 0. The number of hydrogen-bond acceptors (Lipinski definition) is 2. The molecule has 72 valence electrons. The van der Waals surface area contributed by atoms with Gasteiger partial charge in [-0.3, -0.25) is 0 Å². The number of nitrogens with two attached hydrogens (primary N) is 2. The van der Waals surface area contributed by atoms with Crippen LogP contribution in [0.1, 0.15) is 37.3 Å². The van der Waals surface area contributed by atoms with Crippen LogP contribution in [-0.4, -0.2) is 0 Å². The van der Waals surface area contributed by atoms with Crippen molar-refractivity contribution in [3.8, 4) is 0 Å². The zero-order valence-corrected chi connectivity index (χ0v) is 8.59. The first kappa shape index (κ1) is 9.90. The van der Waals surface area contributed by atoms with E-state index in [2.05, 4.69) is 13.8 Å². The van der Waals surface area contributed by atoms with Crippen LogP contribution >= 0.6 is 0 Å². The SMILES string of the molecule is CCC(C)c1cc(N)c(C)cc1N. The van der Waals surface area contributed by atoms with Crippen LogP contribution in [0.15, 0.2) is 12.1 Å². The number of aryl methyl sites for hydroxylation is 1. The van der Waals surface area contributed by atoms with Gasteiger partial charge in [0.05, 0.1) is 0 Å². The first-order valence-corrected chi connectivity index (χ1v) is 4.71. The Morgan fingerprint density at radius 3 is 2.38 bits per heavy atom. The second kappa shape index (κ2) is 3.69. The lowest BCUT2D eigenvalue weighted by atomic mass is 9.95. The van der Waals surface area contributed by atoms with Crippen molar-refractivity contribution < 1.29 is 0 Å². The predicted molar refractivity (Wildman–Crippen MR) is 58.7 cm³/mol. The second-order valence-corrected chi connectivity index (χ2v) is 3.65. The van der Waals surface area contributed by atoms with Crippen LogP contribution in [0.5, 0.6) is 0 Å². The van der Waals surface area contributed by atoms with Gasteiger partial charge in [0.2, 0.25) is 0 Å². The molecule has 2 heteroatoms. The summed E-state index contributed by atoms with van der Waals surface area (Å²) in [6.45, 7) is 6.30. The standard InChI is InChI=1S/C11H18N2/c1-4-7(2)9-6-10(12)8(3)5-11(9)13/h5-7H,4,12-13H2,1-3H3. The lowest BCUT2D eigenvalue weighted by Gasteiger charge is -2.14. The molecule has 4 N–H and O–H groups in total. The minimum atomic E-state index is 0.489. The maximum Gasteiger partial charge on any atom is 0.0353 e. The Morgan fingerprint density at radius 1 is 1.23 bits per heavy atom. The summed E-state index contributed by atoms with van der Waals surface area (Å²) >= 11 is 0. The molecule has 0 fully saturated rings. The van der Waals surface area contributed by atoms with Crippen molar-refractivity contribution in [3.63, 3.8) is 0 Å². The first-order chi connectivity index (χ1) is 6.06. The van der Waals surface area contributed by atoms with E-state index < -0.39 is 0 Å². The Morgan fingerprint density at radius 2 is 1.85 bits per heavy atom. The molecule has 0 bridgehead atoms. The molecule has 0 aliphatic carbocycles. The van der Waals surface area contributed by atoms with Crippen molar-refractivity contribution in [1.29, 1.82) is 0 Å². The van der Waals surface area contributed by atoms with Crippen LogP contribution < -0.4 is 11.5 Å². The van der Waals surface area contributed by atoms with E-state index in [4.69, 9.17) is 11.5 Å². The van der Waals surface area contributed by atoms with Crippen LogP contribution in [0.4, 0.5) is 11.4 Å². The fourth-order valence-corrected chi connectivity index (χ4v) is 1.41. The molecule has 13 heavy (non-hydrogen) atoms. The molecule has 0 amide bonds. The molecule has 0 radical (unpaired) electrons. The van der Waals surface area contributed by atoms with Gasteiger partial charge in [0.15, 0.2) is 0 Å².